The van der Waals surface area contributed by atoms with Crippen molar-refractivity contribution in [3.05, 3.63) is 78.3 Å². The monoisotopic (exact) mass is 367 g/mol. The predicted molar refractivity (Wildman–Crippen MR) is 89.5 cm³/mol. The van der Waals surface area contributed by atoms with Gasteiger partial charge in [0.1, 0.15) is 29.5 Å². The van der Waals surface area contributed by atoms with E-state index >= 15 is 0 Å². The van der Waals surface area contributed by atoms with Crippen molar-refractivity contribution in [2.75, 3.05) is 0 Å². The van der Waals surface area contributed by atoms with Crippen LogP contribution in [0.2, 0.25) is 0 Å². The van der Waals surface area contributed by atoms with Gasteiger partial charge < -0.3 is 4.74 Å². The summed E-state index contributed by atoms with van der Waals surface area (Å²) in [5, 5.41) is 4.02. The van der Waals surface area contributed by atoms with Gasteiger partial charge in [-0.3, -0.25) is 14.8 Å². The number of nitrogens with zero attached hydrogens (tertiary/aromatic N) is 5. The zero-order valence-corrected chi connectivity index (χ0v) is 13.7. The molecule has 0 bridgehead atoms. The fourth-order valence-electron chi connectivity index (χ4n) is 2.52. The lowest BCUT2D eigenvalue weighted by Crippen LogP contribution is -2.08. The minimum Gasteiger partial charge on any atom is -0.454 e. The molecule has 134 valence electrons. The molecule has 0 amide bonds. The van der Waals surface area contributed by atoms with Gasteiger partial charge in [0.15, 0.2) is 11.4 Å². The van der Waals surface area contributed by atoms with E-state index in [1.807, 2.05) is 0 Å². The highest BCUT2D eigenvalue weighted by Gasteiger charge is 2.16. The Morgan fingerprint density at radius 1 is 1.04 bits per heavy atom. The fraction of sp³-hybridized carbons (Fsp3) is 0.0556. The van der Waals surface area contributed by atoms with Crippen molar-refractivity contribution in [2.45, 2.75) is 6.42 Å². The number of hydrogen-bond acceptors (Lipinski definition) is 6. The number of ether oxygens (including phenoxy) is 1. The normalized spacial score (nSPS) is 10.9. The molecule has 0 radical (unpaired) electrons. The summed E-state index contributed by atoms with van der Waals surface area (Å²) in [6, 6.07) is 5.33. The number of hydrogen-bond donors (Lipinski definition) is 0. The van der Waals surface area contributed by atoms with Gasteiger partial charge in [-0.05, 0) is 18.2 Å². The third kappa shape index (κ3) is 3.61. The first-order chi connectivity index (χ1) is 13.1. The lowest BCUT2D eigenvalue weighted by Gasteiger charge is -2.08. The Bertz CT molecular complexity index is 1130. The molecule has 0 aliphatic heterocycles. The summed E-state index contributed by atoms with van der Waals surface area (Å²) in [5.41, 5.74) is 1.01. The molecule has 0 spiro atoms. The van der Waals surface area contributed by atoms with Crippen LogP contribution in [0.25, 0.3) is 5.65 Å². The van der Waals surface area contributed by atoms with E-state index in [0.717, 1.165) is 12.4 Å². The van der Waals surface area contributed by atoms with E-state index in [1.165, 1.54) is 47.5 Å². The van der Waals surface area contributed by atoms with Crippen molar-refractivity contribution in [2.24, 2.45) is 0 Å². The Morgan fingerprint density at radius 2 is 1.93 bits per heavy atom. The van der Waals surface area contributed by atoms with E-state index in [0.29, 0.717) is 11.3 Å². The lowest BCUT2D eigenvalue weighted by atomic mass is 10.1. The minimum atomic E-state index is -0.548. The Hall–Kier alpha value is -3.75. The largest absolute Gasteiger partial charge is 0.454 e. The molecular weight excluding hydrogens is 356 g/mol. The van der Waals surface area contributed by atoms with Crippen molar-refractivity contribution in [3.63, 3.8) is 0 Å². The topological polar surface area (TPSA) is 82.3 Å². The second-order valence-corrected chi connectivity index (χ2v) is 5.63. The fourth-order valence-corrected chi connectivity index (χ4v) is 2.52. The quantitative estimate of drug-likeness (QED) is 0.504. The standard InChI is InChI=1S/C18H11F2N5O2/c19-11-1-2-13(22-7-11)4-17(26)16-5-15(9-25-18(16)23-10-24-25)27-14-3-12(20)6-21-8-14/h1-3,5-10H,4H2. The van der Waals surface area contributed by atoms with E-state index in [1.54, 1.807) is 0 Å². The van der Waals surface area contributed by atoms with Crippen LogP contribution in [-0.2, 0) is 6.42 Å². The first-order valence-corrected chi connectivity index (χ1v) is 7.84. The second-order valence-electron chi connectivity index (χ2n) is 5.63. The van der Waals surface area contributed by atoms with Crippen molar-refractivity contribution < 1.29 is 18.3 Å². The summed E-state index contributed by atoms with van der Waals surface area (Å²) in [6.45, 7) is 0. The van der Waals surface area contributed by atoms with Gasteiger partial charge in [-0.1, -0.05) is 0 Å². The summed E-state index contributed by atoms with van der Waals surface area (Å²) in [6.07, 6.45) is 6.21. The van der Waals surface area contributed by atoms with E-state index in [-0.39, 0.29) is 29.3 Å². The number of rotatable bonds is 5. The van der Waals surface area contributed by atoms with Gasteiger partial charge in [0.2, 0.25) is 0 Å². The Balaban J connectivity index is 1.67. The molecule has 4 aromatic rings. The minimum absolute atomic E-state index is 0.0478. The number of aromatic nitrogens is 5. The first kappa shape index (κ1) is 16.7. The average molecular weight is 367 g/mol. The summed E-state index contributed by atoms with van der Waals surface area (Å²) in [4.78, 5) is 24.4. The van der Waals surface area contributed by atoms with E-state index < -0.39 is 11.6 Å². The summed E-state index contributed by atoms with van der Waals surface area (Å²) in [7, 11) is 0. The highest BCUT2D eigenvalue weighted by atomic mass is 19.1. The maximum Gasteiger partial charge on any atom is 0.172 e. The van der Waals surface area contributed by atoms with Gasteiger partial charge in [-0.15, -0.1) is 0 Å². The molecule has 0 N–H and O–H groups in total. The molecule has 27 heavy (non-hydrogen) atoms. The smallest absolute Gasteiger partial charge is 0.172 e. The predicted octanol–water partition coefficient (Wildman–Crippen LogP) is 3.02. The number of fused-ring (bicyclic) bond motifs is 1. The maximum absolute atomic E-state index is 13.3. The number of carbonyl (C=O) groups is 1. The molecule has 7 nitrogen and oxygen atoms in total. The van der Waals surface area contributed by atoms with Crippen LogP contribution >= 0.6 is 0 Å². The molecule has 0 unspecified atom stereocenters. The van der Waals surface area contributed by atoms with Crippen LogP contribution in [0.3, 0.4) is 0 Å². The van der Waals surface area contributed by atoms with Crippen LogP contribution in [-0.4, -0.2) is 30.3 Å². The van der Waals surface area contributed by atoms with E-state index in [4.69, 9.17) is 4.74 Å². The zero-order chi connectivity index (χ0) is 18.8. The van der Waals surface area contributed by atoms with Crippen LogP contribution < -0.4 is 4.74 Å². The average Bonchev–Trinajstić information content (AvgIpc) is 3.11. The van der Waals surface area contributed by atoms with E-state index in [2.05, 4.69) is 20.1 Å². The Labute approximate surface area is 151 Å². The van der Waals surface area contributed by atoms with Gasteiger partial charge in [0.05, 0.1) is 36.8 Å². The summed E-state index contributed by atoms with van der Waals surface area (Å²) >= 11 is 0. The van der Waals surface area contributed by atoms with Gasteiger partial charge in [0.25, 0.3) is 0 Å². The van der Waals surface area contributed by atoms with Crippen LogP contribution in [0, 0.1) is 11.6 Å². The summed E-state index contributed by atoms with van der Waals surface area (Å²) < 4.78 is 33.2. The molecule has 9 heteroatoms. The van der Waals surface area contributed by atoms with Crippen molar-refractivity contribution >= 4 is 11.4 Å². The summed E-state index contributed by atoms with van der Waals surface area (Å²) in [5.74, 6) is -0.892. The number of pyridine rings is 3. The Kier molecular flexibility index (Phi) is 4.25. The molecule has 0 aliphatic carbocycles. The second kappa shape index (κ2) is 6.87. The third-order valence-electron chi connectivity index (χ3n) is 3.70. The van der Waals surface area contributed by atoms with Gasteiger partial charge in [0, 0.05) is 11.8 Å². The van der Waals surface area contributed by atoms with Crippen LogP contribution in [0.5, 0.6) is 11.5 Å². The lowest BCUT2D eigenvalue weighted by molar-refractivity contribution is 0.0992. The number of carbonyl (C=O) groups excluding carboxylic acids is 1. The molecule has 0 aliphatic rings. The third-order valence-corrected chi connectivity index (χ3v) is 3.70. The van der Waals surface area contributed by atoms with Crippen molar-refractivity contribution in [1.29, 1.82) is 0 Å². The molecule has 4 aromatic heterocycles. The van der Waals surface area contributed by atoms with Gasteiger partial charge >= 0.3 is 0 Å². The first-order valence-electron chi connectivity index (χ1n) is 7.84. The molecule has 0 saturated heterocycles. The van der Waals surface area contributed by atoms with Crippen molar-refractivity contribution in [3.8, 4) is 11.5 Å². The van der Waals surface area contributed by atoms with Crippen LogP contribution in [0.4, 0.5) is 8.78 Å². The maximum atomic E-state index is 13.3. The Morgan fingerprint density at radius 3 is 2.70 bits per heavy atom. The number of ketones is 1. The zero-order valence-electron chi connectivity index (χ0n) is 13.7. The molecule has 4 rings (SSSR count). The van der Waals surface area contributed by atoms with Gasteiger partial charge in [-0.2, -0.15) is 5.10 Å². The number of halogens is 2. The molecule has 0 atom stereocenters. The molecule has 0 saturated carbocycles. The highest BCUT2D eigenvalue weighted by molar-refractivity contribution is 6.02. The number of Topliss-reactive ketones (excluding diaryl/α,β-unsaturated/α-hetero) is 1. The van der Waals surface area contributed by atoms with Crippen molar-refractivity contribution in [1.82, 2.24) is 24.6 Å². The van der Waals surface area contributed by atoms with Gasteiger partial charge in [-0.25, -0.2) is 18.3 Å². The molecule has 4 heterocycles. The molecular formula is C18H11F2N5O2. The molecule has 0 fully saturated rings. The van der Waals surface area contributed by atoms with Crippen LogP contribution in [0.1, 0.15) is 16.1 Å². The van der Waals surface area contributed by atoms with E-state index in [9.17, 15) is 13.6 Å². The SMILES string of the molecule is O=C(Cc1ccc(F)cn1)c1cc(Oc2cncc(F)c2)cn2ncnc12. The van der Waals surface area contributed by atoms with Crippen LogP contribution in [0.15, 0.2) is 55.4 Å². The molecule has 0 aromatic carbocycles. The highest BCUT2D eigenvalue weighted by Crippen LogP contribution is 2.24.